The molecule has 0 aromatic heterocycles. The number of halogens is 5. The lowest BCUT2D eigenvalue weighted by atomic mass is 10.1. The van der Waals surface area contributed by atoms with Crippen molar-refractivity contribution in [3.63, 3.8) is 0 Å². The van der Waals surface area contributed by atoms with Crippen LogP contribution in [-0.2, 0) is 6.42 Å². The summed E-state index contributed by atoms with van der Waals surface area (Å²) in [6.07, 6.45) is -5.60. The summed E-state index contributed by atoms with van der Waals surface area (Å²) in [7, 11) is 0. The van der Waals surface area contributed by atoms with E-state index in [-0.39, 0.29) is 11.1 Å². The molecule has 0 fully saturated rings. The Labute approximate surface area is 87.1 Å². The van der Waals surface area contributed by atoms with Crippen molar-refractivity contribution in [1.82, 2.24) is 0 Å². The summed E-state index contributed by atoms with van der Waals surface area (Å²) in [6.45, 7) is 1.43. The molecule has 0 unspecified atom stereocenters. The van der Waals surface area contributed by atoms with Crippen molar-refractivity contribution in [1.29, 1.82) is 0 Å². The lowest BCUT2D eigenvalue weighted by Gasteiger charge is -2.09. The molecule has 1 rings (SSSR count). The second-order valence-electron chi connectivity index (χ2n) is 2.94. The van der Waals surface area contributed by atoms with Crippen molar-refractivity contribution in [3.05, 3.63) is 33.5 Å². The second kappa shape index (κ2) is 3.88. The highest BCUT2D eigenvalue weighted by Crippen LogP contribution is 2.27. The van der Waals surface area contributed by atoms with Gasteiger partial charge in [-0.05, 0) is 24.1 Å². The maximum Gasteiger partial charge on any atom is 0.393 e. The lowest BCUT2D eigenvalue weighted by molar-refractivity contribution is -0.127. The third-order valence-electron chi connectivity index (χ3n) is 1.79. The number of hydrogen-bond donors (Lipinski definition) is 0. The molecule has 0 saturated heterocycles. The minimum Gasteiger partial charge on any atom is -0.206 e. The normalized spacial score (nSPS) is 11.9. The fourth-order valence-electron chi connectivity index (χ4n) is 1.07. The Hall–Kier alpha value is -0.580. The van der Waals surface area contributed by atoms with Crippen molar-refractivity contribution < 1.29 is 17.6 Å². The molecule has 0 bridgehead atoms. The monoisotopic (exact) mass is 270 g/mol. The first-order valence-corrected chi connectivity index (χ1v) is 4.61. The van der Waals surface area contributed by atoms with E-state index in [0.29, 0.717) is 4.47 Å². The molecular formula is C9H7BrF4. The highest BCUT2D eigenvalue weighted by atomic mass is 79.9. The quantitative estimate of drug-likeness (QED) is 0.677. The molecule has 0 heterocycles. The van der Waals surface area contributed by atoms with E-state index in [2.05, 4.69) is 15.9 Å². The molecule has 0 nitrogen and oxygen atoms in total. The summed E-state index contributed by atoms with van der Waals surface area (Å²) in [4.78, 5) is 0. The van der Waals surface area contributed by atoms with E-state index < -0.39 is 18.4 Å². The van der Waals surface area contributed by atoms with Crippen LogP contribution in [0.3, 0.4) is 0 Å². The van der Waals surface area contributed by atoms with Gasteiger partial charge in [0.05, 0.1) is 6.42 Å². The topological polar surface area (TPSA) is 0 Å². The van der Waals surface area contributed by atoms with Crippen LogP contribution in [-0.4, -0.2) is 6.18 Å². The van der Waals surface area contributed by atoms with Gasteiger partial charge < -0.3 is 0 Å². The fraction of sp³-hybridized carbons (Fsp3) is 0.333. The zero-order valence-corrected chi connectivity index (χ0v) is 8.84. The Kier molecular flexibility index (Phi) is 3.19. The summed E-state index contributed by atoms with van der Waals surface area (Å²) in [5.41, 5.74) is -0.120. The third kappa shape index (κ3) is 2.70. The van der Waals surface area contributed by atoms with Gasteiger partial charge in [-0.25, -0.2) is 4.39 Å². The van der Waals surface area contributed by atoms with Crippen LogP contribution in [0.1, 0.15) is 11.1 Å². The summed E-state index contributed by atoms with van der Waals surface area (Å²) in [5, 5.41) is 0. The highest BCUT2D eigenvalue weighted by Gasteiger charge is 2.29. The third-order valence-corrected chi connectivity index (χ3v) is 2.65. The molecule has 0 N–H and O–H groups in total. The Morgan fingerprint density at radius 1 is 1.29 bits per heavy atom. The van der Waals surface area contributed by atoms with Gasteiger partial charge in [-0.2, -0.15) is 13.2 Å². The summed E-state index contributed by atoms with van der Waals surface area (Å²) in [5.74, 6) is -0.795. The number of alkyl halides is 3. The standard InChI is InChI=1S/C9H7BrF4/c1-5-7(10)3-2-6(8(5)11)4-9(12,13)14/h2-3H,4H2,1H3. The molecule has 1 aromatic carbocycles. The molecular weight excluding hydrogens is 264 g/mol. The SMILES string of the molecule is Cc1c(Br)ccc(CC(F)(F)F)c1F. The zero-order valence-electron chi connectivity index (χ0n) is 7.25. The number of hydrogen-bond acceptors (Lipinski definition) is 0. The van der Waals surface area contributed by atoms with Gasteiger partial charge in [0.25, 0.3) is 0 Å². The van der Waals surface area contributed by atoms with Gasteiger partial charge in [-0.15, -0.1) is 0 Å². The summed E-state index contributed by atoms with van der Waals surface area (Å²) in [6, 6.07) is 2.55. The van der Waals surface area contributed by atoms with Crippen LogP contribution >= 0.6 is 15.9 Å². The Morgan fingerprint density at radius 2 is 1.86 bits per heavy atom. The maximum absolute atomic E-state index is 13.3. The Balaban J connectivity index is 3.06. The van der Waals surface area contributed by atoms with E-state index in [1.165, 1.54) is 13.0 Å². The molecule has 0 aliphatic heterocycles. The predicted octanol–water partition coefficient (Wildman–Crippen LogP) is 4.00. The lowest BCUT2D eigenvalue weighted by Crippen LogP contribution is -2.13. The summed E-state index contributed by atoms with van der Waals surface area (Å²) >= 11 is 3.04. The van der Waals surface area contributed by atoms with Gasteiger partial charge in [0.2, 0.25) is 0 Å². The molecule has 1 aromatic rings. The molecule has 0 atom stereocenters. The minimum absolute atomic E-state index is 0.201. The van der Waals surface area contributed by atoms with E-state index in [0.717, 1.165) is 6.07 Å². The van der Waals surface area contributed by atoms with Gasteiger partial charge in [0.15, 0.2) is 0 Å². The predicted molar refractivity (Wildman–Crippen MR) is 48.6 cm³/mol. The first-order chi connectivity index (χ1) is 6.31. The molecule has 0 amide bonds. The van der Waals surface area contributed by atoms with Crippen LogP contribution in [0.25, 0.3) is 0 Å². The van der Waals surface area contributed by atoms with Gasteiger partial charge >= 0.3 is 6.18 Å². The first kappa shape index (κ1) is 11.5. The molecule has 0 aliphatic carbocycles. The van der Waals surface area contributed by atoms with E-state index in [4.69, 9.17) is 0 Å². The molecule has 14 heavy (non-hydrogen) atoms. The van der Waals surface area contributed by atoms with E-state index in [1.807, 2.05) is 0 Å². The van der Waals surface area contributed by atoms with Gasteiger partial charge in [0.1, 0.15) is 5.82 Å². The van der Waals surface area contributed by atoms with E-state index in [9.17, 15) is 17.6 Å². The van der Waals surface area contributed by atoms with Crippen molar-refractivity contribution in [2.24, 2.45) is 0 Å². The van der Waals surface area contributed by atoms with E-state index >= 15 is 0 Å². The van der Waals surface area contributed by atoms with Crippen molar-refractivity contribution in [2.45, 2.75) is 19.5 Å². The van der Waals surface area contributed by atoms with Crippen molar-refractivity contribution in [2.75, 3.05) is 0 Å². The van der Waals surface area contributed by atoms with Crippen molar-refractivity contribution >= 4 is 15.9 Å². The van der Waals surface area contributed by atoms with E-state index in [1.54, 1.807) is 0 Å². The Morgan fingerprint density at radius 3 is 2.36 bits per heavy atom. The van der Waals surface area contributed by atoms with Crippen molar-refractivity contribution in [3.8, 4) is 0 Å². The average Bonchev–Trinajstić information content (AvgIpc) is 2.04. The second-order valence-corrected chi connectivity index (χ2v) is 3.79. The van der Waals surface area contributed by atoms with Gasteiger partial charge in [-0.1, -0.05) is 22.0 Å². The first-order valence-electron chi connectivity index (χ1n) is 3.81. The van der Waals surface area contributed by atoms with Crippen LogP contribution < -0.4 is 0 Å². The number of benzene rings is 1. The molecule has 0 aliphatic rings. The Bertz CT molecular complexity index is 343. The van der Waals surface area contributed by atoms with Crippen LogP contribution in [0.5, 0.6) is 0 Å². The fourth-order valence-corrected chi connectivity index (χ4v) is 1.38. The highest BCUT2D eigenvalue weighted by molar-refractivity contribution is 9.10. The molecule has 0 saturated carbocycles. The molecule has 5 heteroatoms. The maximum atomic E-state index is 13.3. The van der Waals surface area contributed by atoms with Gasteiger partial charge in [-0.3, -0.25) is 0 Å². The zero-order chi connectivity index (χ0) is 10.9. The minimum atomic E-state index is -4.37. The molecule has 0 spiro atoms. The van der Waals surface area contributed by atoms with Crippen LogP contribution in [0, 0.1) is 12.7 Å². The molecule has 78 valence electrons. The smallest absolute Gasteiger partial charge is 0.206 e. The van der Waals surface area contributed by atoms with Crippen LogP contribution in [0.15, 0.2) is 16.6 Å². The van der Waals surface area contributed by atoms with Crippen LogP contribution in [0.4, 0.5) is 17.6 Å². The summed E-state index contributed by atoms with van der Waals surface area (Å²) < 4.78 is 49.7. The molecule has 0 radical (unpaired) electrons. The van der Waals surface area contributed by atoms with Gasteiger partial charge in [0, 0.05) is 4.47 Å². The largest absolute Gasteiger partial charge is 0.393 e. The number of rotatable bonds is 1. The van der Waals surface area contributed by atoms with Crippen LogP contribution in [0.2, 0.25) is 0 Å². The average molecular weight is 271 g/mol.